The van der Waals surface area contributed by atoms with E-state index in [1.807, 2.05) is 53.2 Å². The molecule has 0 radical (unpaired) electrons. The highest BCUT2D eigenvalue weighted by atomic mass is 32.1. The van der Waals surface area contributed by atoms with Gasteiger partial charge in [-0.2, -0.15) is 11.3 Å². The molecular formula is C21H17N3O3S. The number of nitrogens with one attached hydrogen (secondary N) is 3. The van der Waals surface area contributed by atoms with Gasteiger partial charge in [-0.25, -0.2) is 4.79 Å². The number of rotatable bonds is 3. The molecule has 0 spiro atoms. The van der Waals surface area contributed by atoms with Crippen molar-refractivity contribution in [3.63, 3.8) is 0 Å². The molecule has 3 N–H and O–H groups in total. The van der Waals surface area contributed by atoms with Crippen LogP contribution in [0.25, 0.3) is 22.2 Å². The van der Waals surface area contributed by atoms with Crippen molar-refractivity contribution in [1.82, 2.24) is 15.3 Å². The summed E-state index contributed by atoms with van der Waals surface area (Å²) in [6.07, 6.45) is 0.706. The van der Waals surface area contributed by atoms with Crippen molar-refractivity contribution in [2.24, 2.45) is 0 Å². The molecule has 2 aromatic heterocycles. The van der Waals surface area contributed by atoms with Gasteiger partial charge in [-0.3, -0.25) is 4.79 Å². The zero-order chi connectivity index (χ0) is 19.1. The Bertz CT molecular complexity index is 1220. The summed E-state index contributed by atoms with van der Waals surface area (Å²) in [5.41, 5.74) is 4.80. The van der Waals surface area contributed by atoms with Crippen LogP contribution in [-0.4, -0.2) is 22.5 Å². The Kier molecular flexibility index (Phi) is 4.02. The molecule has 1 aliphatic rings. The van der Waals surface area contributed by atoms with Gasteiger partial charge in [-0.15, -0.1) is 0 Å². The van der Waals surface area contributed by atoms with E-state index in [2.05, 4.69) is 15.3 Å². The number of imidazole rings is 1. The first-order valence-electron chi connectivity index (χ1n) is 9.00. The van der Waals surface area contributed by atoms with Crippen LogP contribution >= 0.6 is 11.3 Å². The lowest BCUT2D eigenvalue weighted by molar-refractivity contribution is 0.0925. The first-order chi connectivity index (χ1) is 13.7. The van der Waals surface area contributed by atoms with Crippen LogP contribution in [0.4, 0.5) is 0 Å². The average molecular weight is 391 g/mol. The van der Waals surface area contributed by atoms with Crippen LogP contribution in [0.1, 0.15) is 28.4 Å². The Labute approximate surface area is 164 Å². The summed E-state index contributed by atoms with van der Waals surface area (Å²) in [4.78, 5) is 29.9. The predicted molar refractivity (Wildman–Crippen MR) is 109 cm³/mol. The van der Waals surface area contributed by atoms with Crippen molar-refractivity contribution in [1.29, 1.82) is 0 Å². The zero-order valence-electron chi connectivity index (χ0n) is 14.8. The molecule has 0 saturated heterocycles. The van der Waals surface area contributed by atoms with E-state index in [-0.39, 0.29) is 17.6 Å². The Morgan fingerprint density at radius 1 is 1.18 bits per heavy atom. The summed E-state index contributed by atoms with van der Waals surface area (Å²) in [5.74, 6) is 0.696. The van der Waals surface area contributed by atoms with Gasteiger partial charge in [-0.1, -0.05) is 18.2 Å². The molecule has 1 amide bonds. The van der Waals surface area contributed by atoms with Crippen molar-refractivity contribution in [3.05, 3.63) is 74.8 Å². The van der Waals surface area contributed by atoms with Crippen LogP contribution in [0.5, 0.6) is 5.75 Å². The third-order valence-electron chi connectivity index (χ3n) is 5.00. The number of carbonyl (C=O) groups excluding carboxylic acids is 1. The number of para-hydroxylation sites is 1. The van der Waals surface area contributed by atoms with Crippen LogP contribution in [-0.2, 0) is 0 Å². The molecule has 1 unspecified atom stereocenters. The van der Waals surface area contributed by atoms with E-state index < -0.39 is 0 Å². The molecule has 28 heavy (non-hydrogen) atoms. The summed E-state index contributed by atoms with van der Waals surface area (Å²) < 4.78 is 5.80. The highest BCUT2D eigenvalue weighted by molar-refractivity contribution is 7.08. The van der Waals surface area contributed by atoms with E-state index in [9.17, 15) is 9.59 Å². The van der Waals surface area contributed by atoms with E-state index in [1.54, 1.807) is 0 Å². The quantitative estimate of drug-likeness (QED) is 0.496. The van der Waals surface area contributed by atoms with Crippen LogP contribution in [0.15, 0.2) is 58.0 Å². The highest BCUT2D eigenvalue weighted by Gasteiger charge is 2.24. The number of H-pyrrole nitrogens is 2. The summed E-state index contributed by atoms with van der Waals surface area (Å²) in [6, 6.07) is 13.4. The molecule has 5 rings (SSSR count). The number of hydrogen-bond donors (Lipinski definition) is 3. The molecule has 4 aromatic rings. The molecule has 140 valence electrons. The maximum atomic E-state index is 12.5. The molecule has 0 fully saturated rings. The maximum absolute atomic E-state index is 12.5. The molecule has 0 bridgehead atoms. The minimum atomic E-state index is -0.232. The van der Waals surface area contributed by atoms with Crippen molar-refractivity contribution in [3.8, 4) is 16.9 Å². The number of ether oxygens (including phenoxy) is 1. The molecule has 2 aromatic carbocycles. The minimum Gasteiger partial charge on any atom is -0.493 e. The number of hydrogen-bond acceptors (Lipinski definition) is 4. The van der Waals surface area contributed by atoms with Crippen molar-refractivity contribution < 1.29 is 9.53 Å². The van der Waals surface area contributed by atoms with Gasteiger partial charge in [0.05, 0.1) is 29.2 Å². The van der Waals surface area contributed by atoms with Gasteiger partial charge in [0, 0.05) is 22.9 Å². The molecule has 0 aliphatic carbocycles. The normalized spacial score (nSPS) is 15.8. The van der Waals surface area contributed by atoms with Crippen LogP contribution < -0.4 is 15.7 Å². The number of carbonyl (C=O) groups is 1. The number of amides is 1. The lowest BCUT2D eigenvalue weighted by Crippen LogP contribution is -2.32. The van der Waals surface area contributed by atoms with E-state index in [0.717, 1.165) is 33.5 Å². The van der Waals surface area contributed by atoms with Gasteiger partial charge < -0.3 is 20.0 Å². The smallest absolute Gasteiger partial charge is 0.323 e. The lowest BCUT2D eigenvalue weighted by Gasteiger charge is -2.27. The average Bonchev–Trinajstić information content (AvgIpc) is 3.36. The minimum absolute atomic E-state index is 0.0819. The summed E-state index contributed by atoms with van der Waals surface area (Å²) >= 11 is 1.50. The van der Waals surface area contributed by atoms with Crippen LogP contribution in [0.3, 0.4) is 0 Å². The molecule has 1 atom stereocenters. The van der Waals surface area contributed by atoms with E-state index in [4.69, 9.17) is 4.74 Å². The predicted octanol–water partition coefficient (Wildman–Crippen LogP) is 3.84. The number of aromatic nitrogens is 2. The lowest BCUT2D eigenvalue weighted by atomic mass is 9.95. The fourth-order valence-corrected chi connectivity index (χ4v) is 4.28. The molecule has 1 aliphatic heterocycles. The van der Waals surface area contributed by atoms with Gasteiger partial charge in [0.15, 0.2) is 0 Å². The number of benzene rings is 2. The molecule has 7 heteroatoms. The van der Waals surface area contributed by atoms with Crippen LogP contribution in [0.2, 0.25) is 0 Å². The fraction of sp³-hybridized carbons (Fsp3) is 0.143. The third kappa shape index (κ3) is 2.90. The first kappa shape index (κ1) is 16.8. The second-order valence-corrected chi connectivity index (χ2v) is 7.52. The fourth-order valence-electron chi connectivity index (χ4n) is 3.65. The zero-order valence-corrected chi connectivity index (χ0v) is 15.6. The molecule has 0 saturated carbocycles. The molecular weight excluding hydrogens is 374 g/mol. The Morgan fingerprint density at radius 2 is 2.11 bits per heavy atom. The summed E-state index contributed by atoms with van der Waals surface area (Å²) in [6.45, 7) is 0.557. The van der Waals surface area contributed by atoms with E-state index >= 15 is 0 Å². The highest BCUT2D eigenvalue weighted by Crippen LogP contribution is 2.37. The van der Waals surface area contributed by atoms with Gasteiger partial charge in [0.2, 0.25) is 0 Å². The summed E-state index contributed by atoms with van der Waals surface area (Å²) in [7, 11) is 0. The Balaban J connectivity index is 1.54. The second kappa shape index (κ2) is 6.69. The standard InChI is InChI=1S/C21H17N3O3S/c25-20(13-7-9-28-11-13)22-16-6-8-27-18-5-4-12(10-15(16)18)14-2-1-3-17-19(14)24-21(26)23-17/h1-5,7,9-11,16H,6,8H2,(H,22,25)(H2,23,24,26). The van der Waals surface area contributed by atoms with Gasteiger partial charge in [0.25, 0.3) is 5.91 Å². The number of aromatic amines is 2. The molecule has 3 heterocycles. The third-order valence-corrected chi connectivity index (χ3v) is 5.68. The van der Waals surface area contributed by atoms with Crippen molar-refractivity contribution in [2.45, 2.75) is 12.5 Å². The Hall–Kier alpha value is -3.32. The number of thiophene rings is 1. The first-order valence-corrected chi connectivity index (χ1v) is 9.94. The van der Waals surface area contributed by atoms with Gasteiger partial charge in [-0.05, 0) is 35.2 Å². The molecule has 6 nitrogen and oxygen atoms in total. The topological polar surface area (TPSA) is 87.0 Å². The van der Waals surface area contributed by atoms with E-state index in [0.29, 0.717) is 18.6 Å². The van der Waals surface area contributed by atoms with Crippen molar-refractivity contribution in [2.75, 3.05) is 6.61 Å². The summed E-state index contributed by atoms with van der Waals surface area (Å²) in [5, 5.41) is 6.86. The second-order valence-electron chi connectivity index (χ2n) is 6.74. The Morgan fingerprint density at radius 3 is 2.96 bits per heavy atom. The SMILES string of the molecule is O=C(NC1CCOc2ccc(-c3cccc4[nH]c(=O)[nH]c34)cc21)c1ccsc1. The van der Waals surface area contributed by atoms with E-state index in [1.165, 1.54) is 11.3 Å². The van der Waals surface area contributed by atoms with Gasteiger partial charge in [0.1, 0.15) is 5.75 Å². The van der Waals surface area contributed by atoms with Crippen LogP contribution in [0, 0.1) is 0 Å². The van der Waals surface area contributed by atoms with Gasteiger partial charge >= 0.3 is 5.69 Å². The monoisotopic (exact) mass is 391 g/mol. The number of fused-ring (bicyclic) bond motifs is 2. The maximum Gasteiger partial charge on any atom is 0.323 e. The van der Waals surface area contributed by atoms with Crippen molar-refractivity contribution >= 4 is 28.3 Å². The largest absolute Gasteiger partial charge is 0.493 e.